The van der Waals surface area contributed by atoms with Crippen LogP contribution < -0.4 is 10.1 Å². The van der Waals surface area contributed by atoms with Crippen LogP contribution in [0.5, 0.6) is 5.75 Å². The number of benzene rings is 3. The van der Waals surface area contributed by atoms with Crippen molar-refractivity contribution in [2.24, 2.45) is 0 Å². The van der Waals surface area contributed by atoms with Gasteiger partial charge in [0.1, 0.15) is 5.75 Å². The van der Waals surface area contributed by atoms with Crippen LogP contribution in [0.2, 0.25) is 0 Å². The third-order valence-electron chi connectivity index (χ3n) is 4.82. The molecule has 0 saturated carbocycles. The third-order valence-corrected chi connectivity index (χ3v) is 4.82. The molecule has 3 aromatic rings. The van der Waals surface area contributed by atoms with Crippen LogP contribution in [0.25, 0.3) is 11.1 Å². The molecule has 0 saturated heterocycles. The Morgan fingerprint density at radius 3 is 2.31 bits per heavy atom. The molecule has 2 unspecified atom stereocenters. The molecule has 0 radical (unpaired) electrons. The zero-order valence-electron chi connectivity index (χ0n) is 14.7. The highest BCUT2D eigenvalue weighted by Crippen LogP contribution is 2.28. The summed E-state index contributed by atoms with van der Waals surface area (Å²) in [4.78, 5) is 12.5. The molecule has 4 rings (SSSR count). The standard InChI is InChI=1S/C23H21NO2/c1-16(17-11-13-19(14-12-17)18-7-3-2-4-8-18)24-23(25)22-15-20-9-5-6-10-21(20)26-22/h2-14,16,22H,15H2,1H3,(H,24,25). The van der Waals surface area contributed by atoms with Crippen LogP contribution in [0.3, 0.4) is 0 Å². The van der Waals surface area contributed by atoms with Gasteiger partial charge in [0, 0.05) is 6.42 Å². The van der Waals surface area contributed by atoms with Crippen molar-refractivity contribution < 1.29 is 9.53 Å². The largest absolute Gasteiger partial charge is 0.480 e. The van der Waals surface area contributed by atoms with Crippen LogP contribution in [0.1, 0.15) is 24.1 Å². The third kappa shape index (κ3) is 3.33. The molecule has 1 aliphatic rings. The van der Waals surface area contributed by atoms with Crippen LogP contribution in [-0.4, -0.2) is 12.0 Å². The molecule has 0 aliphatic carbocycles. The quantitative estimate of drug-likeness (QED) is 0.755. The number of nitrogens with one attached hydrogen (secondary N) is 1. The monoisotopic (exact) mass is 343 g/mol. The zero-order chi connectivity index (χ0) is 17.9. The number of rotatable bonds is 4. The fourth-order valence-electron chi connectivity index (χ4n) is 3.31. The summed E-state index contributed by atoms with van der Waals surface area (Å²) in [5.41, 5.74) is 4.52. The smallest absolute Gasteiger partial charge is 0.261 e. The van der Waals surface area contributed by atoms with Crippen molar-refractivity contribution in [3.05, 3.63) is 90.0 Å². The summed E-state index contributed by atoms with van der Waals surface area (Å²) in [5, 5.41) is 3.07. The van der Waals surface area contributed by atoms with Gasteiger partial charge in [-0.15, -0.1) is 0 Å². The van der Waals surface area contributed by atoms with E-state index in [9.17, 15) is 4.79 Å². The predicted octanol–water partition coefficient (Wildman–Crippen LogP) is 4.53. The number of amides is 1. The molecule has 1 amide bonds. The molecule has 0 fully saturated rings. The second kappa shape index (κ2) is 7.04. The molecular weight excluding hydrogens is 322 g/mol. The second-order valence-corrected chi connectivity index (χ2v) is 6.64. The van der Waals surface area contributed by atoms with E-state index in [0.717, 1.165) is 16.9 Å². The Bertz CT molecular complexity index is 878. The molecule has 0 aromatic heterocycles. The number of ether oxygens (including phenoxy) is 1. The van der Waals surface area contributed by atoms with Gasteiger partial charge in [0.25, 0.3) is 5.91 Å². The molecule has 1 heterocycles. The molecule has 0 spiro atoms. The lowest BCUT2D eigenvalue weighted by Gasteiger charge is -2.18. The van der Waals surface area contributed by atoms with Crippen LogP contribution in [0.15, 0.2) is 78.9 Å². The maximum atomic E-state index is 12.5. The van der Waals surface area contributed by atoms with Crippen LogP contribution in [0.4, 0.5) is 0 Å². The molecule has 0 bridgehead atoms. The van der Waals surface area contributed by atoms with Crippen LogP contribution in [0, 0.1) is 0 Å². The maximum Gasteiger partial charge on any atom is 0.261 e. The van der Waals surface area contributed by atoms with Gasteiger partial charge in [-0.05, 0) is 35.2 Å². The summed E-state index contributed by atoms with van der Waals surface area (Å²) in [6, 6.07) is 26.3. The van der Waals surface area contributed by atoms with E-state index in [1.165, 1.54) is 11.1 Å². The average molecular weight is 343 g/mol. The Balaban J connectivity index is 1.40. The van der Waals surface area contributed by atoms with Gasteiger partial charge in [-0.3, -0.25) is 4.79 Å². The van der Waals surface area contributed by atoms with E-state index in [1.54, 1.807) is 0 Å². The van der Waals surface area contributed by atoms with Gasteiger partial charge in [-0.1, -0.05) is 72.8 Å². The van der Waals surface area contributed by atoms with Gasteiger partial charge >= 0.3 is 0 Å². The van der Waals surface area contributed by atoms with E-state index in [1.807, 2.05) is 49.4 Å². The first-order valence-corrected chi connectivity index (χ1v) is 8.91. The van der Waals surface area contributed by atoms with Crippen LogP contribution >= 0.6 is 0 Å². The minimum atomic E-state index is -0.446. The van der Waals surface area contributed by atoms with Gasteiger partial charge < -0.3 is 10.1 Å². The molecule has 3 nitrogen and oxygen atoms in total. The first-order valence-electron chi connectivity index (χ1n) is 8.91. The van der Waals surface area contributed by atoms with E-state index in [4.69, 9.17) is 4.74 Å². The number of para-hydroxylation sites is 1. The second-order valence-electron chi connectivity index (χ2n) is 6.64. The van der Waals surface area contributed by atoms with E-state index >= 15 is 0 Å². The average Bonchev–Trinajstić information content (AvgIpc) is 3.13. The SMILES string of the molecule is CC(NC(=O)C1Cc2ccccc2O1)c1ccc(-c2ccccc2)cc1. The molecule has 2 atom stereocenters. The maximum absolute atomic E-state index is 12.5. The van der Waals surface area contributed by atoms with Crippen molar-refractivity contribution in [1.29, 1.82) is 0 Å². The van der Waals surface area contributed by atoms with Crippen molar-refractivity contribution >= 4 is 5.91 Å². The molecule has 3 aromatic carbocycles. The molecule has 1 aliphatic heterocycles. The summed E-state index contributed by atoms with van der Waals surface area (Å²) < 4.78 is 5.77. The normalized spacial score (nSPS) is 16.4. The van der Waals surface area contributed by atoms with E-state index in [2.05, 4.69) is 41.7 Å². The fraction of sp³-hybridized carbons (Fsp3) is 0.174. The summed E-state index contributed by atoms with van der Waals surface area (Å²) in [7, 11) is 0. The van der Waals surface area contributed by atoms with Gasteiger partial charge in [-0.2, -0.15) is 0 Å². The topological polar surface area (TPSA) is 38.3 Å². The number of carbonyl (C=O) groups excluding carboxylic acids is 1. The number of hydrogen-bond acceptors (Lipinski definition) is 2. The highest BCUT2D eigenvalue weighted by molar-refractivity contribution is 5.83. The Labute approximate surface area is 153 Å². The van der Waals surface area contributed by atoms with Gasteiger partial charge in [0.05, 0.1) is 6.04 Å². The first-order chi connectivity index (χ1) is 12.7. The van der Waals surface area contributed by atoms with Gasteiger partial charge in [0.15, 0.2) is 6.10 Å². The lowest BCUT2D eigenvalue weighted by Crippen LogP contribution is -2.38. The van der Waals surface area contributed by atoms with Gasteiger partial charge in [0.2, 0.25) is 0 Å². The van der Waals surface area contributed by atoms with E-state index in [-0.39, 0.29) is 11.9 Å². The highest BCUT2D eigenvalue weighted by Gasteiger charge is 2.29. The Morgan fingerprint density at radius 2 is 1.58 bits per heavy atom. The van der Waals surface area contributed by atoms with E-state index in [0.29, 0.717) is 6.42 Å². The summed E-state index contributed by atoms with van der Waals surface area (Å²) in [6.45, 7) is 2.00. The molecule has 1 N–H and O–H groups in total. The minimum Gasteiger partial charge on any atom is -0.480 e. The highest BCUT2D eigenvalue weighted by atomic mass is 16.5. The first kappa shape index (κ1) is 16.4. The number of hydrogen-bond donors (Lipinski definition) is 1. The Morgan fingerprint density at radius 1 is 0.923 bits per heavy atom. The Kier molecular flexibility index (Phi) is 4.44. The molecule has 130 valence electrons. The summed E-state index contributed by atoms with van der Waals surface area (Å²) >= 11 is 0. The van der Waals surface area contributed by atoms with Crippen molar-refractivity contribution in [3.63, 3.8) is 0 Å². The lowest BCUT2D eigenvalue weighted by molar-refractivity contribution is -0.127. The molecule has 3 heteroatoms. The van der Waals surface area contributed by atoms with E-state index < -0.39 is 6.10 Å². The predicted molar refractivity (Wildman–Crippen MR) is 103 cm³/mol. The van der Waals surface area contributed by atoms with Crippen molar-refractivity contribution in [2.75, 3.05) is 0 Å². The summed E-state index contributed by atoms with van der Waals surface area (Å²) in [6.07, 6.45) is 0.181. The number of fused-ring (bicyclic) bond motifs is 1. The lowest BCUT2D eigenvalue weighted by atomic mass is 10.0. The van der Waals surface area contributed by atoms with Crippen molar-refractivity contribution in [1.82, 2.24) is 5.32 Å². The molecule has 26 heavy (non-hydrogen) atoms. The zero-order valence-corrected chi connectivity index (χ0v) is 14.7. The Hall–Kier alpha value is -3.07. The number of carbonyl (C=O) groups is 1. The molecular formula is C23H21NO2. The van der Waals surface area contributed by atoms with Gasteiger partial charge in [-0.25, -0.2) is 0 Å². The minimum absolute atomic E-state index is 0.0687. The fourth-order valence-corrected chi connectivity index (χ4v) is 3.31. The summed E-state index contributed by atoms with van der Waals surface area (Å²) in [5.74, 6) is 0.744. The van der Waals surface area contributed by atoms with Crippen molar-refractivity contribution in [2.45, 2.75) is 25.5 Å². The van der Waals surface area contributed by atoms with Crippen LogP contribution in [-0.2, 0) is 11.2 Å². The van der Waals surface area contributed by atoms with Crippen molar-refractivity contribution in [3.8, 4) is 16.9 Å².